The first kappa shape index (κ1) is 15.3. The average molecular weight is 230 g/mol. The predicted octanol–water partition coefficient (Wildman–Crippen LogP) is 4.06. The van der Waals surface area contributed by atoms with Crippen molar-refractivity contribution in [1.82, 2.24) is 9.97 Å². The van der Waals surface area contributed by atoms with Crippen LogP contribution in [0.2, 0.25) is 0 Å². The van der Waals surface area contributed by atoms with Crippen molar-refractivity contribution in [1.29, 1.82) is 0 Å². The van der Waals surface area contributed by atoms with Gasteiger partial charge in [0.15, 0.2) is 0 Å². The zero-order valence-corrected chi connectivity index (χ0v) is 11.2. The third kappa shape index (κ3) is 8.14. The molecule has 0 saturated carbocycles. The molecule has 0 fully saturated rings. The number of hydrogen-bond acceptors (Lipinski definition) is 2. The third-order valence-electron chi connectivity index (χ3n) is 1.94. The van der Waals surface area contributed by atoms with Crippen LogP contribution >= 0.6 is 0 Å². The molecule has 0 aromatic carbocycles. The van der Waals surface area contributed by atoms with Crippen molar-refractivity contribution in [2.24, 2.45) is 0 Å². The monoisotopic (exact) mass is 230 g/mol. The second-order valence-corrected chi connectivity index (χ2v) is 3.18. The Bertz CT molecular complexity index is 345. The van der Waals surface area contributed by atoms with Gasteiger partial charge in [0.1, 0.15) is 0 Å². The molecule has 0 saturated heterocycles. The highest BCUT2D eigenvalue weighted by molar-refractivity contribution is 5.14. The first-order valence-electron chi connectivity index (χ1n) is 6.09. The van der Waals surface area contributed by atoms with Gasteiger partial charge in [-0.15, -0.1) is 0 Å². The van der Waals surface area contributed by atoms with E-state index in [1.165, 1.54) is 5.56 Å². The zero-order valence-electron chi connectivity index (χ0n) is 11.2. The molecular formula is C15H22N2. The van der Waals surface area contributed by atoms with Crippen LogP contribution in [-0.4, -0.2) is 9.97 Å². The maximum absolute atomic E-state index is 4.09. The van der Waals surface area contributed by atoms with E-state index in [1.54, 1.807) is 12.4 Å². The summed E-state index contributed by atoms with van der Waals surface area (Å²) in [6, 6.07) is 9.88. The quantitative estimate of drug-likeness (QED) is 0.738. The van der Waals surface area contributed by atoms with Gasteiger partial charge in [0.05, 0.1) is 0 Å². The van der Waals surface area contributed by atoms with E-state index in [0.29, 0.717) is 0 Å². The molecule has 0 spiro atoms. The van der Waals surface area contributed by atoms with Gasteiger partial charge in [-0.05, 0) is 43.2 Å². The van der Waals surface area contributed by atoms with Gasteiger partial charge in [-0.2, -0.15) is 0 Å². The van der Waals surface area contributed by atoms with Gasteiger partial charge in [0.25, 0.3) is 0 Å². The van der Waals surface area contributed by atoms with E-state index in [1.807, 2.05) is 51.2 Å². The molecule has 0 aliphatic rings. The summed E-state index contributed by atoms with van der Waals surface area (Å²) >= 11 is 0. The van der Waals surface area contributed by atoms with Crippen molar-refractivity contribution in [3.05, 3.63) is 60.2 Å². The lowest BCUT2D eigenvalue weighted by molar-refractivity contribution is 1.09. The SMILES string of the molecule is CC.CCc1ccnc(C)c1.c1ccncc1. The molecule has 2 heteroatoms. The van der Waals surface area contributed by atoms with E-state index in [-0.39, 0.29) is 0 Å². The molecule has 0 bridgehead atoms. The molecule has 92 valence electrons. The van der Waals surface area contributed by atoms with Crippen LogP contribution in [0.4, 0.5) is 0 Å². The molecular weight excluding hydrogens is 208 g/mol. The van der Waals surface area contributed by atoms with Gasteiger partial charge in [-0.25, -0.2) is 0 Å². The van der Waals surface area contributed by atoms with Crippen LogP contribution in [0.25, 0.3) is 0 Å². The lowest BCUT2D eigenvalue weighted by Crippen LogP contribution is -1.83. The second kappa shape index (κ2) is 10.8. The summed E-state index contributed by atoms with van der Waals surface area (Å²) in [7, 11) is 0. The summed E-state index contributed by atoms with van der Waals surface area (Å²) in [6.45, 7) is 8.16. The van der Waals surface area contributed by atoms with Crippen LogP contribution in [0.3, 0.4) is 0 Å². The Balaban J connectivity index is 0.000000278. The minimum absolute atomic E-state index is 1.10. The summed E-state index contributed by atoms with van der Waals surface area (Å²) < 4.78 is 0. The number of pyridine rings is 2. The Labute approximate surface area is 105 Å². The Morgan fingerprint density at radius 3 is 1.94 bits per heavy atom. The van der Waals surface area contributed by atoms with E-state index < -0.39 is 0 Å². The van der Waals surface area contributed by atoms with Gasteiger partial charge in [0, 0.05) is 24.3 Å². The summed E-state index contributed by atoms with van der Waals surface area (Å²) in [5, 5.41) is 0. The van der Waals surface area contributed by atoms with Crippen LogP contribution in [0.5, 0.6) is 0 Å². The molecule has 2 rings (SSSR count). The Morgan fingerprint density at radius 2 is 1.65 bits per heavy atom. The van der Waals surface area contributed by atoms with Gasteiger partial charge in [0.2, 0.25) is 0 Å². The lowest BCUT2D eigenvalue weighted by atomic mass is 10.2. The van der Waals surface area contributed by atoms with Crippen molar-refractivity contribution in [3.63, 3.8) is 0 Å². The normalized spacial score (nSPS) is 8.24. The van der Waals surface area contributed by atoms with Crippen molar-refractivity contribution in [2.75, 3.05) is 0 Å². The Morgan fingerprint density at radius 1 is 1.00 bits per heavy atom. The molecule has 17 heavy (non-hydrogen) atoms. The van der Waals surface area contributed by atoms with Crippen LogP contribution < -0.4 is 0 Å². The molecule has 0 amide bonds. The molecule has 0 unspecified atom stereocenters. The van der Waals surface area contributed by atoms with E-state index in [9.17, 15) is 0 Å². The van der Waals surface area contributed by atoms with Crippen molar-refractivity contribution in [2.45, 2.75) is 34.1 Å². The molecule has 0 N–H and O–H groups in total. The fraction of sp³-hybridized carbons (Fsp3) is 0.333. The van der Waals surface area contributed by atoms with Crippen molar-refractivity contribution >= 4 is 0 Å². The van der Waals surface area contributed by atoms with Crippen LogP contribution in [0, 0.1) is 6.92 Å². The van der Waals surface area contributed by atoms with Gasteiger partial charge >= 0.3 is 0 Å². The topological polar surface area (TPSA) is 25.8 Å². The predicted molar refractivity (Wildman–Crippen MR) is 73.9 cm³/mol. The summed E-state index contributed by atoms with van der Waals surface area (Å²) in [6.07, 6.45) is 6.46. The van der Waals surface area contributed by atoms with Gasteiger partial charge in [-0.3, -0.25) is 9.97 Å². The van der Waals surface area contributed by atoms with Crippen LogP contribution in [0.1, 0.15) is 32.0 Å². The molecule has 2 aromatic rings. The van der Waals surface area contributed by atoms with Gasteiger partial charge < -0.3 is 0 Å². The fourth-order valence-electron chi connectivity index (χ4n) is 1.14. The first-order valence-corrected chi connectivity index (χ1v) is 6.09. The number of rotatable bonds is 1. The standard InChI is InChI=1S/C8H11N.C5H5N.C2H6/c1-3-8-4-5-9-7(2)6-8;1-2-4-6-5-3-1;1-2/h4-6H,3H2,1-2H3;1-5H;1-2H3. The van der Waals surface area contributed by atoms with Crippen molar-refractivity contribution in [3.8, 4) is 0 Å². The Hall–Kier alpha value is -1.70. The maximum Gasteiger partial charge on any atom is 0.0375 e. The molecule has 2 nitrogen and oxygen atoms in total. The highest BCUT2D eigenvalue weighted by Gasteiger charge is 1.87. The first-order chi connectivity index (χ1) is 8.33. The van der Waals surface area contributed by atoms with Crippen LogP contribution in [0.15, 0.2) is 48.9 Å². The van der Waals surface area contributed by atoms with Crippen molar-refractivity contribution < 1.29 is 0 Å². The average Bonchev–Trinajstić information content (AvgIpc) is 2.43. The third-order valence-corrected chi connectivity index (χ3v) is 1.94. The molecule has 0 aliphatic heterocycles. The van der Waals surface area contributed by atoms with E-state index >= 15 is 0 Å². The minimum Gasteiger partial charge on any atom is -0.265 e. The number of hydrogen-bond donors (Lipinski definition) is 0. The highest BCUT2D eigenvalue weighted by Crippen LogP contribution is 1.99. The van der Waals surface area contributed by atoms with E-state index in [4.69, 9.17) is 0 Å². The molecule has 2 heterocycles. The number of aromatic nitrogens is 2. The van der Waals surface area contributed by atoms with E-state index in [0.717, 1.165) is 12.1 Å². The zero-order chi connectivity index (χ0) is 12.9. The maximum atomic E-state index is 4.09. The fourth-order valence-corrected chi connectivity index (χ4v) is 1.14. The highest BCUT2D eigenvalue weighted by atomic mass is 14.6. The van der Waals surface area contributed by atoms with Gasteiger partial charge in [-0.1, -0.05) is 26.8 Å². The smallest absolute Gasteiger partial charge is 0.0375 e. The summed E-state index contributed by atoms with van der Waals surface area (Å²) in [5.41, 5.74) is 2.47. The molecule has 0 radical (unpaired) electrons. The molecule has 2 aromatic heterocycles. The minimum atomic E-state index is 1.10. The van der Waals surface area contributed by atoms with Crippen LogP contribution in [-0.2, 0) is 6.42 Å². The number of aryl methyl sites for hydroxylation is 2. The molecule has 0 atom stereocenters. The van der Waals surface area contributed by atoms with E-state index in [2.05, 4.69) is 23.0 Å². The largest absolute Gasteiger partial charge is 0.265 e. The Kier molecular flexibility index (Phi) is 9.73. The summed E-state index contributed by atoms with van der Waals surface area (Å²) in [4.78, 5) is 7.87. The number of nitrogens with zero attached hydrogens (tertiary/aromatic N) is 2. The lowest BCUT2D eigenvalue weighted by Gasteiger charge is -1.94. The summed E-state index contributed by atoms with van der Waals surface area (Å²) in [5.74, 6) is 0. The molecule has 0 aliphatic carbocycles. The second-order valence-electron chi connectivity index (χ2n) is 3.18.